The van der Waals surface area contributed by atoms with Crippen molar-refractivity contribution >= 4 is 21.4 Å². The molecule has 1 aromatic heterocycles. The second kappa shape index (κ2) is 6.87. The second-order valence-electron chi connectivity index (χ2n) is 6.68. The van der Waals surface area contributed by atoms with Crippen LogP contribution in [-0.4, -0.2) is 29.5 Å². The predicted molar refractivity (Wildman–Crippen MR) is 92.4 cm³/mol. The molecule has 1 atom stereocenters. The molecule has 1 heterocycles. The van der Waals surface area contributed by atoms with Crippen LogP contribution in [0.2, 0.25) is 0 Å². The summed E-state index contributed by atoms with van der Waals surface area (Å²) >= 11 is 0. The Kier molecular flexibility index (Phi) is 5.22. The number of hydrogen-bond acceptors (Lipinski definition) is 5. The van der Waals surface area contributed by atoms with Gasteiger partial charge in [0.2, 0.25) is 5.91 Å². The molecular formula is C17H20FN3O3S. The maximum absolute atomic E-state index is 13.0. The minimum atomic E-state index is -3.93. The number of rotatable bonds is 4. The predicted octanol–water partition coefficient (Wildman–Crippen LogP) is 2.71. The summed E-state index contributed by atoms with van der Waals surface area (Å²) in [6.45, 7) is 7.15. The van der Waals surface area contributed by atoms with Gasteiger partial charge in [-0.2, -0.15) is 0 Å². The summed E-state index contributed by atoms with van der Waals surface area (Å²) in [5, 5.41) is 1.14. The van der Waals surface area contributed by atoms with E-state index in [1.807, 2.05) is 20.8 Å². The zero-order valence-electron chi connectivity index (χ0n) is 14.4. The lowest BCUT2D eigenvalue weighted by molar-refractivity contribution is -0.115. The van der Waals surface area contributed by atoms with Gasteiger partial charge in [-0.3, -0.25) is 4.79 Å². The third-order valence-electron chi connectivity index (χ3n) is 3.57. The summed E-state index contributed by atoms with van der Waals surface area (Å²) in [5.74, 6) is -0.652. The van der Waals surface area contributed by atoms with Crippen molar-refractivity contribution in [3.05, 3.63) is 48.3 Å². The van der Waals surface area contributed by atoms with Gasteiger partial charge in [-0.25, -0.2) is 22.8 Å². The van der Waals surface area contributed by atoms with E-state index < -0.39 is 26.8 Å². The Morgan fingerprint density at radius 1 is 1.12 bits per heavy atom. The fourth-order valence-corrected chi connectivity index (χ4v) is 3.26. The van der Waals surface area contributed by atoms with Crippen LogP contribution in [0.3, 0.4) is 0 Å². The molecule has 6 nitrogen and oxygen atoms in total. The molecule has 25 heavy (non-hydrogen) atoms. The number of amides is 1. The van der Waals surface area contributed by atoms with Gasteiger partial charge < -0.3 is 5.32 Å². The molecule has 0 radical (unpaired) electrons. The zero-order valence-corrected chi connectivity index (χ0v) is 15.3. The summed E-state index contributed by atoms with van der Waals surface area (Å²) in [7, 11) is -3.93. The molecule has 0 aliphatic rings. The first-order chi connectivity index (χ1) is 11.5. The lowest BCUT2D eigenvalue weighted by atomic mass is 9.96. The Labute approximate surface area is 146 Å². The molecule has 1 unspecified atom stereocenters. The molecule has 0 saturated heterocycles. The second-order valence-corrected chi connectivity index (χ2v) is 8.94. The van der Waals surface area contributed by atoms with E-state index in [4.69, 9.17) is 0 Å². The first-order valence-electron chi connectivity index (χ1n) is 7.64. The minimum absolute atomic E-state index is 0.115. The SMILES string of the molecule is CC(C(=O)Nc1cnc(C(C)(C)C)nc1)S(=O)(=O)c1ccc(F)cc1. The number of benzene rings is 1. The number of carbonyl (C=O) groups excluding carboxylic acids is 1. The quantitative estimate of drug-likeness (QED) is 0.842. The van der Waals surface area contributed by atoms with Gasteiger partial charge in [0.25, 0.3) is 0 Å². The molecule has 1 N–H and O–H groups in total. The molecule has 2 aromatic rings. The van der Waals surface area contributed by atoms with Crippen LogP contribution in [0.15, 0.2) is 41.6 Å². The van der Waals surface area contributed by atoms with Gasteiger partial charge >= 0.3 is 0 Å². The summed E-state index contributed by atoms with van der Waals surface area (Å²) < 4.78 is 37.8. The van der Waals surface area contributed by atoms with Crippen molar-refractivity contribution in [1.29, 1.82) is 0 Å². The molecule has 1 amide bonds. The van der Waals surface area contributed by atoms with Crippen molar-refractivity contribution < 1.29 is 17.6 Å². The van der Waals surface area contributed by atoms with Crippen LogP contribution in [0.4, 0.5) is 10.1 Å². The number of aromatic nitrogens is 2. The molecular weight excluding hydrogens is 345 g/mol. The lowest BCUT2D eigenvalue weighted by Gasteiger charge is -2.17. The lowest BCUT2D eigenvalue weighted by Crippen LogP contribution is -2.32. The number of carbonyl (C=O) groups is 1. The highest BCUT2D eigenvalue weighted by Gasteiger charge is 2.30. The highest BCUT2D eigenvalue weighted by Crippen LogP contribution is 2.20. The van der Waals surface area contributed by atoms with Crippen molar-refractivity contribution in [2.24, 2.45) is 0 Å². The zero-order chi connectivity index (χ0) is 18.8. The number of sulfone groups is 1. The Hall–Kier alpha value is -2.35. The number of nitrogens with zero attached hydrogens (tertiary/aromatic N) is 2. The van der Waals surface area contributed by atoms with Gasteiger partial charge in [-0.05, 0) is 31.2 Å². The Bertz CT molecular complexity index is 858. The number of anilines is 1. The fourth-order valence-electron chi connectivity index (χ4n) is 1.99. The molecule has 0 aliphatic heterocycles. The van der Waals surface area contributed by atoms with E-state index in [0.717, 1.165) is 24.3 Å². The van der Waals surface area contributed by atoms with Crippen LogP contribution in [0.25, 0.3) is 0 Å². The van der Waals surface area contributed by atoms with Crippen molar-refractivity contribution in [3.8, 4) is 0 Å². The average molecular weight is 365 g/mol. The number of nitrogens with one attached hydrogen (secondary N) is 1. The van der Waals surface area contributed by atoms with Gasteiger partial charge in [0, 0.05) is 5.41 Å². The monoisotopic (exact) mass is 365 g/mol. The van der Waals surface area contributed by atoms with Crippen molar-refractivity contribution in [1.82, 2.24) is 9.97 Å². The average Bonchev–Trinajstić information content (AvgIpc) is 2.54. The van der Waals surface area contributed by atoms with Crippen molar-refractivity contribution in [2.75, 3.05) is 5.32 Å². The van der Waals surface area contributed by atoms with E-state index in [1.54, 1.807) is 0 Å². The summed E-state index contributed by atoms with van der Waals surface area (Å²) in [4.78, 5) is 20.5. The summed E-state index contributed by atoms with van der Waals surface area (Å²) in [6.07, 6.45) is 2.87. The van der Waals surface area contributed by atoms with Crippen LogP contribution < -0.4 is 5.32 Å². The number of hydrogen-bond donors (Lipinski definition) is 1. The maximum Gasteiger partial charge on any atom is 0.242 e. The van der Waals surface area contributed by atoms with Gasteiger partial charge in [0.15, 0.2) is 9.84 Å². The first-order valence-corrected chi connectivity index (χ1v) is 9.19. The van der Waals surface area contributed by atoms with E-state index in [1.165, 1.54) is 19.3 Å². The molecule has 2 rings (SSSR count). The minimum Gasteiger partial charge on any atom is -0.322 e. The van der Waals surface area contributed by atoms with Gasteiger partial charge in [0.1, 0.15) is 16.9 Å². The largest absolute Gasteiger partial charge is 0.322 e. The smallest absolute Gasteiger partial charge is 0.242 e. The third-order valence-corrected chi connectivity index (χ3v) is 5.64. The van der Waals surface area contributed by atoms with E-state index in [2.05, 4.69) is 15.3 Å². The van der Waals surface area contributed by atoms with E-state index in [-0.39, 0.29) is 10.3 Å². The van der Waals surface area contributed by atoms with Gasteiger partial charge in [-0.15, -0.1) is 0 Å². The van der Waals surface area contributed by atoms with Crippen LogP contribution in [0.5, 0.6) is 0 Å². The van der Waals surface area contributed by atoms with Crippen LogP contribution in [0.1, 0.15) is 33.5 Å². The first kappa shape index (κ1) is 19.0. The fraction of sp³-hybridized carbons (Fsp3) is 0.353. The Balaban J connectivity index is 2.15. The van der Waals surface area contributed by atoms with Gasteiger partial charge in [0.05, 0.1) is 23.0 Å². The molecule has 134 valence electrons. The van der Waals surface area contributed by atoms with Crippen LogP contribution in [-0.2, 0) is 20.0 Å². The van der Waals surface area contributed by atoms with E-state index in [0.29, 0.717) is 11.5 Å². The summed E-state index contributed by atoms with van der Waals surface area (Å²) in [6, 6.07) is 4.35. The Morgan fingerprint density at radius 3 is 2.12 bits per heavy atom. The van der Waals surface area contributed by atoms with Crippen molar-refractivity contribution in [3.63, 3.8) is 0 Å². The maximum atomic E-state index is 13.0. The van der Waals surface area contributed by atoms with Crippen molar-refractivity contribution in [2.45, 2.75) is 43.3 Å². The summed E-state index contributed by atoms with van der Waals surface area (Å²) in [5.41, 5.74) is 0.0704. The van der Waals surface area contributed by atoms with E-state index >= 15 is 0 Å². The third kappa shape index (κ3) is 4.39. The highest BCUT2D eigenvalue weighted by atomic mass is 32.2. The molecule has 0 fully saturated rings. The van der Waals surface area contributed by atoms with Gasteiger partial charge in [-0.1, -0.05) is 20.8 Å². The highest BCUT2D eigenvalue weighted by molar-refractivity contribution is 7.92. The normalized spacial score (nSPS) is 13.3. The van der Waals surface area contributed by atoms with Crippen LogP contribution >= 0.6 is 0 Å². The Morgan fingerprint density at radius 2 is 1.64 bits per heavy atom. The van der Waals surface area contributed by atoms with Crippen LogP contribution in [0, 0.1) is 5.82 Å². The molecule has 0 spiro atoms. The topological polar surface area (TPSA) is 89.0 Å². The molecule has 1 aromatic carbocycles. The standard InChI is InChI=1S/C17H20FN3O3S/c1-11(25(23,24)14-7-5-12(18)6-8-14)15(22)21-13-9-19-16(20-10-13)17(2,3)4/h5-11H,1-4H3,(H,21,22). The number of halogens is 1. The molecule has 0 bridgehead atoms. The molecule has 0 saturated carbocycles. The molecule has 0 aliphatic carbocycles. The molecule has 8 heteroatoms. The van der Waals surface area contributed by atoms with E-state index in [9.17, 15) is 17.6 Å².